The zero-order chi connectivity index (χ0) is 13.6. The van der Waals surface area contributed by atoms with E-state index in [0.29, 0.717) is 6.61 Å². The van der Waals surface area contributed by atoms with E-state index < -0.39 is 12.0 Å². The van der Waals surface area contributed by atoms with Crippen LogP contribution in [0.25, 0.3) is 0 Å². The van der Waals surface area contributed by atoms with Crippen molar-refractivity contribution < 1.29 is 14.6 Å². The summed E-state index contributed by atoms with van der Waals surface area (Å²) in [4.78, 5) is 11.3. The number of ether oxygens (including phenoxy) is 1. The Morgan fingerprint density at radius 1 is 1.37 bits per heavy atom. The van der Waals surface area contributed by atoms with Crippen molar-refractivity contribution in [1.29, 1.82) is 0 Å². The summed E-state index contributed by atoms with van der Waals surface area (Å²) >= 11 is 0. The Morgan fingerprint density at radius 2 is 2.16 bits per heavy atom. The molecule has 5 heteroatoms. The van der Waals surface area contributed by atoms with Gasteiger partial charge in [-0.05, 0) is 31.4 Å². The highest BCUT2D eigenvalue weighted by Gasteiger charge is 2.43. The monoisotopic (exact) mass is 262 g/mol. The Labute approximate surface area is 111 Å². The predicted octanol–water partition coefficient (Wildman–Crippen LogP) is 1.30. The fraction of sp³-hybridized carbons (Fsp3) is 0.500. The first-order valence-electron chi connectivity index (χ1n) is 6.56. The molecule has 0 saturated carbocycles. The number of carbonyl (C=O) groups is 1. The number of hydrogen-bond acceptors (Lipinski definition) is 4. The second kappa shape index (κ2) is 4.51. The predicted molar refractivity (Wildman–Crippen MR) is 70.0 cm³/mol. The Hall–Kier alpha value is -1.59. The molecule has 1 aromatic rings. The van der Waals surface area contributed by atoms with Gasteiger partial charge >= 0.3 is 5.97 Å². The molecule has 3 N–H and O–H groups in total. The Morgan fingerprint density at radius 3 is 2.89 bits per heavy atom. The fourth-order valence-electron chi connectivity index (χ4n) is 3.02. The van der Waals surface area contributed by atoms with Crippen LogP contribution in [0, 0.1) is 19.8 Å². The van der Waals surface area contributed by atoms with Crippen LogP contribution in [0.4, 0.5) is 0 Å². The molecule has 0 aliphatic carbocycles. The maximum absolute atomic E-state index is 11.3. The van der Waals surface area contributed by atoms with Crippen LogP contribution in [-0.4, -0.2) is 23.7 Å². The van der Waals surface area contributed by atoms with Crippen molar-refractivity contribution in [2.24, 2.45) is 5.92 Å². The van der Waals surface area contributed by atoms with Crippen molar-refractivity contribution >= 4 is 5.97 Å². The van der Waals surface area contributed by atoms with Gasteiger partial charge in [0.15, 0.2) is 0 Å². The fourth-order valence-corrected chi connectivity index (χ4v) is 3.02. The molecule has 2 heterocycles. The van der Waals surface area contributed by atoms with Gasteiger partial charge in [0, 0.05) is 11.5 Å². The molecule has 0 bridgehead atoms. The standard InChI is InChI=1S/C14H18N2O3/c1-7-3-4-10-11-9(12(14(17)18)16-15-11)5-6-19-13(10)8(7)2/h3-4,9,11-12,15-16H,5-6H2,1-2H3,(H,17,18). The maximum Gasteiger partial charge on any atom is 0.322 e. The number of aliphatic carboxylic acids is 1. The summed E-state index contributed by atoms with van der Waals surface area (Å²) in [5.41, 5.74) is 9.41. The number of hydrogen-bond donors (Lipinski definition) is 3. The molecular weight excluding hydrogens is 244 g/mol. The van der Waals surface area contributed by atoms with Crippen LogP contribution in [0.1, 0.15) is 29.2 Å². The summed E-state index contributed by atoms with van der Waals surface area (Å²) in [6.45, 7) is 4.67. The third-order valence-corrected chi connectivity index (χ3v) is 4.26. The van der Waals surface area contributed by atoms with Gasteiger partial charge in [-0.25, -0.2) is 10.9 Å². The minimum absolute atomic E-state index is 0.00194. The first-order valence-corrected chi connectivity index (χ1v) is 6.56. The second-order valence-electron chi connectivity index (χ2n) is 5.31. The van der Waals surface area contributed by atoms with E-state index >= 15 is 0 Å². The first kappa shape index (κ1) is 12.4. The molecule has 1 saturated heterocycles. The molecule has 0 aromatic heterocycles. The van der Waals surface area contributed by atoms with E-state index in [1.165, 1.54) is 5.56 Å². The molecule has 2 aliphatic rings. The zero-order valence-corrected chi connectivity index (χ0v) is 11.1. The number of aryl methyl sites for hydroxylation is 1. The Bertz CT molecular complexity index is 530. The molecule has 1 fully saturated rings. The number of benzene rings is 1. The molecule has 102 valence electrons. The average Bonchev–Trinajstić information content (AvgIpc) is 2.70. The van der Waals surface area contributed by atoms with Crippen molar-refractivity contribution in [3.63, 3.8) is 0 Å². The summed E-state index contributed by atoms with van der Waals surface area (Å²) in [5.74, 6) is 0.112. The lowest BCUT2D eigenvalue weighted by atomic mass is 9.86. The van der Waals surface area contributed by atoms with Crippen molar-refractivity contribution in [2.75, 3.05) is 6.61 Å². The van der Waals surface area contributed by atoms with Crippen molar-refractivity contribution in [3.05, 3.63) is 28.8 Å². The van der Waals surface area contributed by atoms with E-state index in [9.17, 15) is 9.90 Å². The first-order chi connectivity index (χ1) is 9.09. The summed E-state index contributed by atoms with van der Waals surface area (Å²) < 4.78 is 5.86. The van der Waals surface area contributed by atoms with Gasteiger partial charge in [-0.15, -0.1) is 0 Å². The molecule has 19 heavy (non-hydrogen) atoms. The van der Waals surface area contributed by atoms with E-state index in [2.05, 4.69) is 23.8 Å². The van der Waals surface area contributed by atoms with Gasteiger partial charge < -0.3 is 9.84 Å². The van der Waals surface area contributed by atoms with Gasteiger partial charge in [0.2, 0.25) is 0 Å². The molecule has 2 aliphatic heterocycles. The molecule has 0 radical (unpaired) electrons. The molecule has 1 aromatic carbocycles. The van der Waals surface area contributed by atoms with Gasteiger partial charge in [-0.2, -0.15) is 0 Å². The molecule has 0 amide bonds. The smallest absolute Gasteiger partial charge is 0.322 e. The lowest BCUT2D eigenvalue weighted by molar-refractivity contribution is -0.140. The summed E-state index contributed by atoms with van der Waals surface area (Å²) in [6, 6.07) is 3.55. The van der Waals surface area contributed by atoms with Crippen molar-refractivity contribution in [1.82, 2.24) is 10.9 Å². The molecule has 3 rings (SSSR count). The highest BCUT2D eigenvalue weighted by atomic mass is 16.5. The van der Waals surface area contributed by atoms with Crippen LogP contribution in [0.5, 0.6) is 5.75 Å². The van der Waals surface area contributed by atoms with Gasteiger partial charge in [-0.1, -0.05) is 12.1 Å². The van der Waals surface area contributed by atoms with Gasteiger partial charge in [0.1, 0.15) is 11.8 Å². The Balaban J connectivity index is 2.04. The van der Waals surface area contributed by atoms with Crippen molar-refractivity contribution in [3.8, 4) is 5.75 Å². The summed E-state index contributed by atoms with van der Waals surface area (Å²) in [5, 5.41) is 9.25. The number of rotatable bonds is 1. The van der Waals surface area contributed by atoms with E-state index in [0.717, 1.165) is 23.3 Å². The molecular formula is C14H18N2O3. The van der Waals surface area contributed by atoms with E-state index in [1.807, 2.05) is 13.0 Å². The van der Waals surface area contributed by atoms with Crippen LogP contribution in [0.2, 0.25) is 0 Å². The number of carboxylic acids is 1. The van der Waals surface area contributed by atoms with Crippen LogP contribution in [0.3, 0.4) is 0 Å². The van der Waals surface area contributed by atoms with Crippen LogP contribution >= 0.6 is 0 Å². The number of hydrazine groups is 1. The molecule has 0 spiro atoms. The van der Waals surface area contributed by atoms with Gasteiger partial charge in [-0.3, -0.25) is 4.79 Å². The number of carboxylic acid groups (broad SMARTS) is 1. The van der Waals surface area contributed by atoms with Crippen LogP contribution in [0.15, 0.2) is 12.1 Å². The highest BCUT2D eigenvalue weighted by molar-refractivity contribution is 5.74. The van der Waals surface area contributed by atoms with Crippen LogP contribution < -0.4 is 15.6 Å². The van der Waals surface area contributed by atoms with Gasteiger partial charge in [0.25, 0.3) is 0 Å². The van der Waals surface area contributed by atoms with E-state index in [4.69, 9.17) is 4.74 Å². The largest absolute Gasteiger partial charge is 0.493 e. The van der Waals surface area contributed by atoms with E-state index in [1.54, 1.807) is 0 Å². The summed E-state index contributed by atoms with van der Waals surface area (Å²) in [6.07, 6.45) is 0.731. The minimum atomic E-state index is -0.813. The summed E-state index contributed by atoms with van der Waals surface area (Å²) in [7, 11) is 0. The number of nitrogens with one attached hydrogen (secondary N) is 2. The zero-order valence-electron chi connectivity index (χ0n) is 11.1. The normalized spacial score (nSPS) is 29.1. The molecule has 5 nitrogen and oxygen atoms in total. The third-order valence-electron chi connectivity index (χ3n) is 4.26. The quantitative estimate of drug-likeness (QED) is 0.711. The third kappa shape index (κ3) is 1.89. The SMILES string of the molecule is Cc1ccc2c(c1C)OCCC1C(C(=O)O)NNC21. The second-order valence-corrected chi connectivity index (χ2v) is 5.31. The van der Waals surface area contributed by atoms with E-state index in [-0.39, 0.29) is 12.0 Å². The van der Waals surface area contributed by atoms with Crippen LogP contribution in [-0.2, 0) is 4.79 Å². The maximum atomic E-state index is 11.3. The minimum Gasteiger partial charge on any atom is -0.493 e. The highest BCUT2D eigenvalue weighted by Crippen LogP contribution is 2.41. The topological polar surface area (TPSA) is 70.6 Å². The van der Waals surface area contributed by atoms with Gasteiger partial charge in [0.05, 0.1) is 12.6 Å². The Kier molecular flexibility index (Phi) is 2.95. The lowest BCUT2D eigenvalue weighted by Gasteiger charge is -2.19. The molecule has 3 unspecified atom stereocenters. The van der Waals surface area contributed by atoms with Crippen molar-refractivity contribution in [2.45, 2.75) is 32.4 Å². The lowest BCUT2D eigenvalue weighted by Crippen LogP contribution is -2.38. The average molecular weight is 262 g/mol. The number of fused-ring (bicyclic) bond motifs is 3. The molecule has 3 atom stereocenters.